The summed E-state index contributed by atoms with van der Waals surface area (Å²) in [6.07, 6.45) is 17.5. The second-order valence-corrected chi connectivity index (χ2v) is 3.50. The largest absolute Gasteiger partial charge is 0.0533 e. The maximum atomic E-state index is 2.39. The lowest BCUT2D eigenvalue weighted by molar-refractivity contribution is 0.593. The van der Waals surface area contributed by atoms with E-state index in [1.165, 1.54) is 57.8 Å². The smallest absolute Gasteiger partial charge is 0.0386 e. The van der Waals surface area contributed by atoms with Crippen molar-refractivity contribution in [2.45, 2.75) is 57.8 Å². The van der Waals surface area contributed by atoms with Gasteiger partial charge in [0, 0.05) is 0 Å². The molecule has 0 nitrogen and oxygen atoms in total. The van der Waals surface area contributed by atoms with E-state index >= 15 is 0 Å². The first-order chi connectivity index (χ1) is 5.50. The van der Waals surface area contributed by atoms with E-state index in [-0.39, 0.29) is 0 Å². The lowest BCUT2D eigenvalue weighted by Crippen LogP contribution is -1.87. The Hall–Kier alpha value is 0. The van der Waals surface area contributed by atoms with Crippen molar-refractivity contribution in [3.05, 3.63) is 12.8 Å². The molecule has 0 aromatic carbocycles. The Morgan fingerprint density at radius 1 is 0.455 bits per heavy atom. The molecule has 0 amide bonds. The van der Waals surface area contributed by atoms with E-state index < -0.39 is 0 Å². The van der Waals surface area contributed by atoms with Gasteiger partial charge < -0.3 is 0 Å². The van der Waals surface area contributed by atoms with E-state index in [2.05, 4.69) is 12.8 Å². The fourth-order valence-corrected chi connectivity index (χ4v) is 1.62. The van der Waals surface area contributed by atoms with Crippen LogP contribution >= 0.6 is 0 Å². The van der Waals surface area contributed by atoms with Gasteiger partial charge in [-0.05, 0) is 12.8 Å². The van der Waals surface area contributed by atoms with Crippen molar-refractivity contribution < 1.29 is 0 Å². The Morgan fingerprint density at radius 3 is 0.909 bits per heavy atom. The third-order valence-electron chi connectivity index (χ3n) is 2.38. The molecule has 11 heavy (non-hydrogen) atoms. The van der Waals surface area contributed by atoms with E-state index in [0.29, 0.717) is 0 Å². The van der Waals surface area contributed by atoms with Gasteiger partial charge in [0.1, 0.15) is 0 Å². The zero-order valence-electron chi connectivity index (χ0n) is 7.52. The molecule has 0 bridgehead atoms. The SMILES string of the molecule is [CH]1CCCC1.[CH]1CCCCC1. The minimum Gasteiger partial charge on any atom is -0.0533 e. The molecule has 2 saturated carbocycles. The van der Waals surface area contributed by atoms with Crippen molar-refractivity contribution in [2.75, 3.05) is 0 Å². The molecule has 2 radical (unpaired) electrons. The Bertz CT molecular complexity index is 49.0. The maximum absolute atomic E-state index is 2.39. The van der Waals surface area contributed by atoms with Gasteiger partial charge in [-0.2, -0.15) is 0 Å². The van der Waals surface area contributed by atoms with Crippen molar-refractivity contribution in [1.82, 2.24) is 0 Å². The lowest BCUT2D eigenvalue weighted by atomic mass is 10.0. The predicted octanol–water partition coefficient (Wildman–Crippen LogP) is 3.92. The molecule has 0 aliphatic heterocycles. The van der Waals surface area contributed by atoms with Crippen molar-refractivity contribution in [1.29, 1.82) is 0 Å². The molecule has 64 valence electrons. The van der Waals surface area contributed by atoms with Gasteiger partial charge in [-0.15, -0.1) is 0 Å². The molecule has 0 aromatic heterocycles. The third-order valence-corrected chi connectivity index (χ3v) is 2.38. The van der Waals surface area contributed by atoms with E-state index in [1.54, 1.807) is 0 Å². The highest BCUT2D eigenvalue weighted by molar-refractivity contribution is 4.71. The second-order valence-electron chi connectivity index (χ2n) is 3.50. The molecule has 0 aromatic rings. The van der Waals surface area contributed by atoms with Gasteiger partial charge in [0.2, 0.25) is 0 Å². The molecule has 2 fully saturated rings. The normalized spacial score (nSPS) is 24.0. The number of hydrogen-bond acceptors (Lipinski definition) is 0. The maximum Gasteiger partial charge on any atom is -0.0386 e. The molecule has 2 rings (SSSR count). The molecule has 0 unspecified atom stereocenters. The summed E-state index contributed by atoms with van der Waals surface area (Å²) in [5.74, 6) is 0. The Balaban J connectivity index is 0.000000112. The molecule has 0 saturated heterocycles. The number of hydrogen-bond donors (Lipinski definition) is 0. The van der Waals surface area contributed by atoms with E-state index in [4.69, 9.17) is 0 Å². The van der Waals surface area contributed by atoms with Gasteiger partial charge in [0.05, 0.1) is 0 Å². The van der Waals surface area contributed by atoms with Crippen LogP contribution in [-0.4, -0.2) is 0 Å². The average Bonchev–Trinajstić information content (AvgIpc) is 2.64. The quantitative estimate of drug-likeness (QED) is 0.493. The van der Waals surface area contributed by atoms with Crippen LogP contribution in [0.15, 0.2) is 0 Å². The monoisotopic (exact) mass is 152 g/mol. The predicted molar refractivity (Wildman–Crippen MR) is 50.2 cm³/mol. The molecule has 0 heterocycles. The highest BCUT2D eigenvalue weighted by atomic mass is 14.0. The van der Waals surface area contributed by atoms with Crippen LogP contribution < -0.4 is 0 Å². The second kappa shape index (κ2) is 6.69. The van der Waals surface area contributed by atoms with Crippen LogP contribution in [0, 0.1) is 12.8 Å². The first-order valence-electron chi connectivity index (χ1n) is 5.13. The lowest BCUT2D eigenvalue weighted by Gasteiger charge is -2.05. The molecule has 0 heteroatoms. The van der Waals surface area contributed by atoms with Crippen molar-refractivity contribution in [3.63, 3.8) is 0 Å². The van der Waals surface area contributed by atoms with Crippen LogP contribution in [-0.2, 0) is 0 Å². The van der Waals surface area contributed by atoms with Gasteiger partial charge in [-0.1, -0.05) is 57.8 Å². The molecular weight excluding hydrogens is 132 g/mol. The molecule has 2 aliphatic carbocycles. The van der Waals surface area contributed by atoms with Crippen LogP contribution in [0.1, 0.15) is 57.8 Å². The minimum absolute atomic E-state index is 1.38. The van der Waals surface area contributed by atoms with Crippen LogP contribution in [0.5, 0.6) is 0 Å². The van der Waals surface area contributed by atoms with Crippen LogP contribution in [0.25, 0.3) is 0 Å². The van der Waals surface area contributed by atoms with Crippen LogP contribution in [0.2, 0.25) is 0 Å². The molecule has 0 spiro atoms. The summed E-state index contributed by atoms with van der Waals surface area (Å²) in [7, 11) is 0. The summed E-state index contributed by atoms with van der Waals surface area (Å²) in [5.41, 5.74) is 0. The van der Waals surface area contributed by atoms with Crippen molar-refractivity contribution in [3.8, 4) is 0 Å². The van der Waals surface area contributed by atoms with Gasteiger partial charge in [-0.25, -0.2) is 0 Å². The highest BCUT2D eigenvalue weighted by Crippen LogP contribution is 2.14. The zero-order valence-corrected chi connectivity index (χ0v) is 7.52. The van der Waals surface area contributed by atoms with E-state index in [1.807, 2.05) is 0 Å². The van der Waals surface area contributed by atoms with Gasteiger partial charge in [0.25, 0.3) is 0 Å². The topological polar surface area (TPSA) is 0 Å². The summed E-state index contributed by atoms with van der Waals surface area (Å²) >= 11 is 0. The molecule has 2 aliphatic rings. The van der Waals surface area contributed by atoms with Crippen LogP contribution in [0.3, 0.4) is 0 Å². The van der Waals surface area contributed by atoms with Crippen LogP contribution in [0.4, 0.5) is 0 Å². The fraction of sp³-hybridized carbons (Fsp3) is 0.818. The Labute approximate surface area is 71.4 Å². The van der Waals surface area contributed by atoms with Gasteiger partial charge >= 0.3 is 0 Å². The standard InChI is InChI=1S/C6H11.C5H9/c1-2-4-6-5-3-1;1-2-4-5-3-1/h1H,2-6H2;1H,2-5H2. The summed E-state index contributed by atoms with van der Waals surface area (Å²) in [4.78, 5) is 0. The first-order valence-corrected chi connectivity index (χ1v) is 5.13. The first kappa shape index (κ1) is 9.09. The van der Waals surface area contributed by atoms with E-state index in [0.717, 1.165) is 0 Å². The average molecular weight is 152 g/mol. The van der Waals surface area contributed by atoms with Gasteiger partial charge in [-0.3, -0.25) is 0 Å². The van der Waals surface area contributed by atoms with Crippen molar-refractivity contribution >= 4 is 0 Å². The highest BCUT2D eigenvalue weighted by Gasteiger charge is 1.96. The summed E-state index contributed by atoms with van der Waals surface area (Å²) in [6, 6.07) is 0. The Kier molecular flexibility index (Phi) is 5.53. The number of rotatable bonds is 0. The third kappa shape index (κ3) is 5.29. The summed E-state index contributed by atoms with van der Waals surface area (Å²) in [6.45, 7) is 0. The molecule has 0 atom stereocenters. The summed E-state index contributed by atoms with van der Waals surface area (Å²) in [5, 5.41) is 0. The zero-order chi connectivity index (χ0) is 7.78. The van der Waals surface area contributed by atoms with E-state index in [9.17, 15) is 0 Å². The fourth-order valence-electron chi connectivity index (χ4n) is 1.62. The summed E-state index contributed by atoms with van der Waals surface area (Å²) < 4.78 is 0. The van der Waals surface area contributed by atoms with Crippen molar-refractivity contribution in [2.24, 2.45) is 0 Å². The molecular formula is C11H20. The Morgan fingerprint density at radius 2 is 0.818 bits per heavy atom. The minimum atomic E-state index is 1.38. The molecule has 0 N–H and O–H groups in total. The van der Waals surface area contributed by atoms with Gasteiger partial charge in [0.15, 0.2) is 0 Å².